The van der Waals surface area contributed by atoms with Crippen LogP contribution in [0.1, 0.15) is 0 Å². The van der Waals surface area contributed by atoms with Crippen molar-refractivity contribution < 1.29 is 0 Å². The molecule has 102 valence electrons. The van der Waals surface area contributed by atoms with Gasteiger partial charge in [-0.2, -0.15) is 0 Å². The topological polar surface area (TPSA) is 71.4 Å². The first-order valence-corrected chi connectivity index (χ1v) is 6.54. The molecule has 3 heterocycles. The Labute approximate surface area is 120 Å². The zero-order valence-electron chi connectivity index (χ0n) is 11.1. The summed E-state index contributed by atoms with van der Waals surface area (Å²) in [5, 5.41) is 3.22. The normalized spacial score (nSPS) is 10.9. The molecule has 0 aliphatic rings. The molecule has 0 spiro atoms. The minimum absolute atomic E-state index is 0.707. The zero-order chi connectivity index (χ0) is 14.1. The average Bonchev–Trinajstić information content (AvgIpc) is 3.16. The number of aromatic nitrogens is 5. The van der Waals surface area contributed by atoms with Gasteiger partial charge in [0.2, 0.25) is 5.95 Å². The zero-order valence-corrected chi connectivity index (χ0v) is 11.1. The number of aromatic amines is 1. The first kappa shape index (κ1) is 11.7. The summed E-state index contributed by atoms with van der Waals surface area (Å²) < 4.78 is 1.95. The molecule has 4 rings (SSSR count). The maximum Gasteiger partial charge on any atom is 0.205 e. The fraction of sp³-hybridized carbons (Fsp3) is 0. The smallest absolute Gasteiger partial charge is 0.205 e. The summed E-state index contributed by atoms with van der Waals surface area (Å²) in [7, 11) is 0. The van der Waals surface area contributed by atoms with Gasteiger partial charge in [-0.15, -0.1) is 0 Å². The van der Waals surface area contributed by atoms with Crippen LogP contribution in [0.3, 0.4) is 0 Å². The minimum atomic E-state index is 0.707. The lowest BCUT2D eigenvalue weighted by molar-refractivity contribution is 1.06. The Morgan fingerprint density at radius 1 is 1.00 bits per heavy atom. The molecule has 21 heavy (non-hydrogen) atoms. The van der Waals surface area contributed by atoms with Gasteiger partial charge in [-0.3, -0.25) is 4.98 Å². The molecule has 6 heteroatoms. The van der Waals surface area contributed by atoms with E-state index < -0.39 is 0 Å². The van der Waals surface area contributed by atoms with Crippen molar-refractivity contribution in [3.63, 3.8) is 0 Å². The molecule has 6 nitrogen and oxygen atoms in total. The van der Waals surface area contributed by atoms with Gasteiger partial charge in [-0.05, 0) is 30.3 Å². The highest BCUT2D eigenvalue weighted by Crippen LogP contribution is 2.20. The number of hydrogen-bond donors (Lipinski definition) is 2. The molecule has 0 unspecified atom stereocenters. The molecule has 3 aromatic heterocycles. The van der Waals surface area contributed by atoms with Crippen LogP contribution in [-0.4, -0.2) is 24.5 Å². The molecule has 0 fully saturated rings. The number of nitrogens with zero attached hydrogens (tertiary/aromatic N) is 4. The van der Waals surface area contributed by atoms with Gasteiger partial charge in [-0.1, -0.05) is 0 Å². The first-order chi connectivity index (χ1) is 10.4. The summed E-state index contributed by atoms with van der Waals surface area (Å²) in [5.41, 5.74) is 3.87. The fourth-order valence-electron chi connectivity index (χ4n) is 2.20. The van der Waals surface area contributed by atoms with E-state index in [1.807, 2.05) is 41.1 Å². The van der Waals surface area contributed by atoms with Crippen molar-refractivity contribution in [2.45, 2.75) is 0 Å². The van der Waals surface area contributed by atoms with Crippen molar-refractivity contribution in [3.8, 4) is 5.69 Å². The summed E-state index contributed by atoms with van der Waals surface area (Å²) in [6.45, 7) is 0. The van der Waals surface area contributed by atoms with Crippen molar-refractivity contribution in [3.05, 3.63) is 61.4 Å². The summed E-state index contributed by atoms with van der Waals surface area (Å²) in [4.78, 5) is 15.8. The molecule has 0 radical (unpaired) electrons. The van der Waals surface area contributed by atoms with Gasteiger partial charge in [0.05, 0.1) is 17.4 Å². The lowest BCUT2D eigenvalue weighted by atomic mass is 10.3. The number of H-pyrrole nitrogens is 1. The van der Waals surface area contributed by atoms with E-state index in [1.54, 1.807) is 24.9 Å². The summed E-state index contributed by atoms with van der Waals surface area (Å²) >= 11 is 0. The van der Waals surface area contributed by atoms with Crippen molar-refractivity contribution in [2.24, 2.45) is 0 Å². The molecule has 0 saturated heterocycles. The van der Waals surface area contributed by atoms with Gasteiger partial charge in [0.25, 0.3) is 0 Å². The van der Waals surface area contributed by atoms with E-state index in [9.17, 15) is 0 Å². The van der Waals surface area contributed by atoms with E-state index in [0.29, 0.717) is 5.95 Å². The van der Waals surface area contributed by atoms with Crippen LogP contribution in [0.15, 0.2) is 61.4 Å². The van der Waals surface area contributed by atoms with Crippen LogP contribution in [0.25, 0.3) is 16.7 Å². The summed E-state index contributed by atoms with van der Waals surface area (Å²) in [6.07, 6.45) is 8.92. The Bertz CT molecular complexity index is 864. The van der Waals surface area contributed by atoms with Crippen LogP contribution in [0.5, 0.6) is 0 Å². The molecule has 0 aliphatic heterocycles. The number of nitrogens with one attached hydrogen (secondary N) is 2. The van der Waals surface area contributed by atoms with Crippen molar-refractivity contribution in [2.75, 3.05) is 5.32 Å². The van der Waals surface area contributed by atoms with Gasteiger partial charge in [0, 0.05) is 36.2 Å². The highest BCUT2D eigenvalue weighted by atomic mass is 15.1. The highest BCUT2D eigenvalue weighted by molar-refractivity contribution is 5.80. The van der Waals surface area contributed by atoms with Crippen LogP contribution in [0, 0.1) is 0 Å². The fourth-order valence-corrected chi connectivity index (χ4v) is 2.20. The molecular formula is C15H12N6. The number of rotatable bonds is 3. The summed E-state index contributed by atoms with van der Waals surface area (Å²) in [5.74, 6) is 0.707. The Balaban J connectivity index is 1.70. The lowest BCUT2D eigenvalue weighted by Crippen LogP contribution is -1.91. The number of pyridine rings is 1. The molecule has 2 N–H and O–H groups in total. The highest BCUT2D eigenvalue weighted by Gasteiger charge is 2.05. The standard InChI is InChI=1S/C15H12N6/c1-2-13-14(9-12(1)21-8-7-17-10-21)20-15(19-13)18-11-3-5-16-6-4-11/h1-10H,(H2,16,18,19,20). The number of benzene rings is 1. The van der Waals surface area contributed by atoms with E-state index in [2.05, 4.69) is 25.3 Å². The SMILES string of the molecule is c1cc(Nc2nc3ccc(-n4ccnc4)cc3[nH]2)ccn1. The summed E-state index contributed by atoms with van der Waals surface area (Å²) in [6, 6.07) is 9.83. The predicted molar refractivity (Wildman–Crippen MR) is 80.7 cm³/mol. The van der Waals surface area contributed by atoms with Crippen LogP contribution >= 0.6 is 0 Å². The molecule has 1 aromatic carbocycles. The van der Waals surface area contributed by atoms with E-state index in [1.165, 1.54) is 0 Å². The monoisotopic (exact) mass is 276 g/mol. The van der Waals surface area contributed by atoms with E-state index in [4.69, 9.17) is 0 Å². The maximum absolute atomic E-state index is 4.52. The number of anilines is 2. The second kappa shape index (κ2) is 4.75. The second-order valence-corrected chi connectivity index (χ2v) is 4.62. The molecule has 0 atom stereocenters. The van der Waals surface area contributed by atoms with Crippen molar-refractivity contribution in [1.29, 1.82) is 0 Å². The first-order valence-electron chi connectivity index (χ1n) is 6.54. The molecule has 0 saturated carbocycles. The van der Waals surface area contributed by atoms with Crippen LogP contribution < -0.4 is 5.32 Å². The van der Waals surface area contributed by atoms with Crippen LogP contribution in [-0.2, 0) is 0 Å². The van der Waals surface area contributed by atoms with Gasteiger partial charge in [-0.25, -0.2) is 9.97 Å². The van der Waals surface area contributed by atoms with Gasteiger partial charge >= 0.3 is 0 Å². The van der Waals surface area contributed by atoms with Gasteiger partial charge in [0.1, 0.15) is 0 Å². The molecule has 0 bridgehead atoms. The molecular weight excluding hydrogens is 264 g/mol. The largest absolute Gasteiger partial charge is 0.326 e. The molecule has 4 aromatic rings. The Hall–Kier alpha value is -3.15. The van der Waals surface area contributed by atoms with Crippen molar-refractivity contribution in [1.82, 2.24) is 24.5 Å². The third-order valence-corrected chi connectivity index (χ3v) is 3.21. The Kier molecular flexibility index (Phi) is 2.64. The Morgan fingerprint density at radius 3 is 2.71 bits per heavy atom. The maximum atomic E-state index is 4.52. The molecule has 0 aliphatic carbocycles. The average molecular weight is 276 g/mol. The predicted octanol–water partition coefficient (Wildman–Crippen LogP) is 2.89. The third-order valence-electron chi connectivity index (χ3n) is 3.21. The third kappa shape index (κ3) is 2.23. The molecule has 0 amide bonds. The minimum Gasteiger partial charge on any atom is -0.326 e. The lowest BCUT2D eigenvalue weighted by Gasteiger charge is -2.00. The van der Waals surface area contributed by atoms with E-state index >= 15 is 0 Å². The second-order valence-electron chi connectivity index (χ2n) is 4.62. The van der Waals surface area contributed by atoms with Gasteiger partial charge < -0.3 is 14.9 Å². The number of imidazole rings is 2. The quantitative estimate of drug-likeness (QED) is 0.603. The van der Waals surface area contributed by atoms with E-state index in [0.717, 1.165) is 22.4 Å². The number of fused-ring (bicyclic) bond motifs is 1. The Morgan fingerprint density at radius 2 is 1.90 bits per heavy atom. The number of hydrogen-bond acceptors (Lipinski definition) is 4. The van der Waals surface area contributed by atoms with Crippen molar-refractivity contribution >= 4 is 22.7 Å². The van der Waals surface area contributed by atoms with Crippen LogP contribution in [0.2, 0.25) is 0 Å². The van der Waals surface area contributed by atoms with Crippen LogP contribution in [0.4, 0.5) is 11.6 Å². The van der Waals surface area contributed by atoms with E-state index in [-0.39, 0.29) is 0 Å². The van der Waals surface area contributed by atoms with Gasteiger partial charge in [0.15, 0.2) is 0 Å².